The first-order valence-corrected chi connectivity index (χ1v) is 7.86. The smallest absolute Gasteiger partial charge is 0.258 e. The number of methoxy groups -OCH3 is 2. The Morgan fingerprint density at radius 1 is 0.885 bits per heavy atom. The topological polar surface area (TPSA) is 85.4 Å². The van der Waals surface area contributed by atoms with Gasteiger partial charge in [0.05, 0.1) is 19.8 Å². The van der Waals surface area contributed by atoms with E-state index < -0.39 is 0 Å². The molecule has 0 spiro atoms. The molecule has 0 aliphatic heterocycles. The van der Waals surface area contributed by atoms with Crippen molar-refractivity contribution in [2.45, 2.75) is 0 Å². The van der Waals surface area contributed by atoms with E-state index in [9.17, 15) is 4.79 Å². The maximum Gasteiger partial charge on any atom is 0.258 e. The molecule has 0 saturated carbocycles. The number of carbonyl (C=O) groups is 1. The molecule has 26 heavy (non-hydrogen) atoms. The minimum Gasteiger partial charge on any atom is -0.497 e. The average molecular weight is 350 g/mol. The van der Waals surface area contributed by atoms with Gasteiger partial charge >= 0.3 is 0 Å². The lowest BCUT2D eigenvalue weighted by Crippen LogP contribution is -2.13. The van der Waals surface area contributed by atoms with Gasteiger partial charge in [0, 0.05) is 29.8 Å². The zero-order valence-electron chi connectivity index (χ0n) is 14.4. The number of nitrogens with one attached hydrogen (secondary N) is 2. The number of ether oxygens (including phenoxy) is 2. The molecule has 1 heterocycles. The Labute approximate surface area is 151 Å². The molecule has 1 aromatic heterocycles. The van der Waals surface area contributed by atoms with Gasteiger partial charge in [-0.3, -0.25) is 4.79 Å². The van der Waals surface area contributed by atoms with E-state index in [0.29, 0.717) is 22.9 Å². The van der Waals surface area contributed by atoms with Crippen molar-refractivity contribution in [2.75, 3.05) is 24.9 Å². The molecule has 2 N–H and O–H groups in total. The Hall–Kier alpha value is -3.61. The second kappa shape index (κ2) is 7.98. The quantitative estimate of drug-likeness (QED) is 0.708. The van der Waals surface area contributed by atoms with E-state index in [2.05, 4.69) is 20.6 Å². The molecule has 132 valence electrons. The lowest BCUT2D eigenvalue weighted by atomic mass is 10.2. The number of nitrogens with zero attached hydrogens (tertiary/aromatic N) is 2. The molecule has 3 aromatic rings. The first-order valence-electron chi connectivity index (χ1n) is 7.86. The Kier molecular flexibility index (Phi) is 5.28. The van der Waals surface area contributed by atoms with E-state index in [-0.39, 0.29) is 5.91 Å². The summed E-state index contributed by atoms with van der Waals surface area (Å²) in [5.41, 5.74) is 1.81. The second-order valence-corrected chi connectivity index (χ2v) is 5.33. The van der Waals surface area contributed by atoms with Gasteiger partial charge in [0.25, 0.3) is 5.91 Å². The van der Waals surface area contributed by atoms with Gasteiger partial charge in [0.15, 0.2) is 0 Å². The summed E-state index contributed by atoms with van der Waals surface area (Å²) in [6, 6.07) is 14.5. The normalized spacial score (nSPS) is 10.1. The van der Waals surface area contributed by atoms with E-state index in [0.717, 1.165) is 11.4 Å². The van der Waals surface area contributed by atoms with Crippen LogP contribution in [-0.4, -0.2) is 30.1 Å². The molecule has 3 rings (SSSR count). The molecule has 1 amide bonds. The fourth-order valence-electron chi connectivity index (χ4n) is 2.22. The van der Waals surface area contributed by atoms with Crippen LogP contribution >= 0.6 is 0 Å². The molecule has 0 saturated heterocycles. The van der Waals surface area contributed by atoms with Crippen molar-refractivity contribution >= 4 is 23.2 Å². The van der Waals surface area contributed by atoms with Crippen molar-refractivity contribution < 1.29 is 14.3 Å². The minimum atomic E-state index is -0.297. The third-order valence-corrected chi connectivity index (χ3v) is 3.59. The maximum absolute atomic E-state index is 12.3. The van der Waals surface area contributed by atoms with Crippen LogP contribution in [0.25, 0.3) is 0 Å². The number of hydrogen-bond acceptors (Lipinski definition) is 6. The highest BCUT2D eigenvalue weighted by atomic mass is 16.5. The van der Waals surface area contributed by atoms with Gasteiger partial charge in [0.2, 0.25) is 5.95 Å². The Balaban J connectivity index is 1.65. The molecule has 7 nitrogen and oxygen atoms in total. The molecular formula is C19H18N4O3. The van der Waals surface area contributed by atoms with Crippen LogP contribution in [0.15, 0.2) is 60.9 Å². The lowest BCUT2D eigenvalue weighted by Gasteiger charge is -2.08. The van der Waals surface area contributed by atoms with E-state index in [1.54, 1.807) is 38.5 Å². The Morgan fingerprint density at radius 3 is 2.23 bits per heavy atom. The predicted octanol–water partition coefficient (Wildman–Crippen LogP) is 3.49. The highest BCUT2D eigenvalue weighted by Gasteiger charge is 2.08. The molecule has 0 fully saturated rings. The number of hydrogen-bond donors (Lipinski definition) is 2. The summed E-state index contributed by atoms with van der Waals surface area (Å²) in [7, 11) is 3.18. The number of carbonyl (C=O) groups excluding carboxylic acids is 1. The Morgan fingerprint density at radius 2 is 1.58 bits per heavy atom. The van der Waals surface area contributed by atoms with E-state index in [1.807, 2.05) is 24.3 Å². The third-order valence-electron chi connectivity index (χ3n) is 3.59. The van der Waals surface area contributed by atoms with Gasteiger partial charge in [-0.2, -0.15) is 0 Å². The first-order chi connectivity index (χ1) is 12.7. The van der Waals surface area contributed by atoms with E-state index in [1.165, 1.54) is 12.4 Å². The lowest BCUT2D eigenvalue weighted by molar-refractivity contribution is 0.102. The standard InChI is InChI=1S/C19H18N4O3/c1-25-16-8-6-14(7-9-16)23-19-20-11-13(12-21-19)18(24)22-15-4-3-5-17(10-15)26-2/h3-12H,1-2H3,(H,22,24)(H,20,21,23). The number of benzene rings is 2. The monoisotopic (exact) mass is 350 g/mol. The predicted molar refractivity (Wildman–Crippen MR) is 99.3 cm³/mol. The van der Waals surface area contributed by atoms with Crippen molar-refractivity contribution in [2.24, 2.45) is 0 Å². The molecule has 0 unspecified atom stereocenters. The van der Waals surface area contributed by atoms with Gasteiger partial charge in [-0.1, -0.05) is 6.07 Å². The zero-order valence-corrected chi connectivity index (χ0v) is 14.4. The minimum absolute atomic E-state index is 0.297. The fraction of sp³-hybridized carbons (Fsp3) is 0.105. The summed E-state index contributed by atoms with van der Waals surface area (Å²) in [4.78, 5) is 20.6. The number of aromatic nitrogens is 2. The SMILES string of the molecule is COc1ccc(Nc2ncc(C(=O)Nc3cccc(OC)c3)cn2)cc1. The largest absolute Gasteiger partial charge is 0.497 e. The highest BCUT2D eigenvalue weighted by Crippen LogP contribution is 2.19. The van der Waals surface area contributed by atoms with E-state index >= 15 is 0 Å². The third kappa shape index (κ3) is 4.27. The zero-order chi connectivity index (χ0) is 18.4. The molecular weight excluding hydrogens is 332 g/mol. The summed E-state index contributed by atoms with van der Waals surface area (Å²) >= 11 is 0. The van der Waals surface area contributed by atoms with Crippen molar-refractivity contribution in [3.05, 3.63) is 66.5 Å². The molecule has 0 radical (unpaired) electrons. The summed E-state index contributed by atoms with van der Waals surface area (Å²) < 4.78 is 10.3. The molecule has 0 aliphatic rings. The maximum atomic E-state index is 12.3. The van der Waals surface area contributed by atoms with Crippen molar-refractivity contribution in [1.29, 1.82) is 0 Å². The van der Waals surface area contributed by atoms with Crippen LogP contribution in [0.3, 0.4) is 0 Å². The second-order valence-electron chi connectivity index (χ2n) is 5.33. The van der Waals surface area contributed by atoms with Crippen LogP contribution in [0.2, 0.25) is 0 Å². The number of anilines is 3. The summed E-state index contributed by atoms with van der Waals surface area (Å²) in [5, 5.41) is 5.84. The van der Waals surface area contributed by atoms with Gasteiger partial charge in [-0.05, 0) is 36.4 Å². The molecule has 2 aromatic carbocycles. The van der Waals surface area contributed by atoms with Gasteiger partial charge in [-0.15, -0.1) is 0 Å². The number of amides is 1. The molecule has 7 heteroatoms. The van der Waals surface area contributed by atoms with Crippen LogP contribution < -0.4 is 20.1 Å². The fourth-order valence-corrected chi connectivity index (χ4v) is 2.22. The van der Waals surface area contributed by atoms with Crippen LogP contribution in [0, 0.1) is 0 Å². The average Bonchev–Trinajstić information content (AvgIpc) is 2.69. The van der Waals surface area contributed by atoms with Crippen molar-refractivity contribution in [3.63, 3.8) is 0 Å². The molecule has 0 atom stereocenters. The van der Waals surface area contributed by atoms with Crippen LogP contribution in [0.5, 0.6) is 11.5 Å². The summed E-state index contributed by atoms with van der Waals surface area (Å²) in [6.45, 7) is 0. The van der Waals surface area contributed by atoms with Gasteiger partial charge < -0.3 is 20.1 Å². The molecule has 0 bridgehead atoms. The number of rotatable bonds is 6. The summed E-state index contributed by atoms with van der Waals surface area (Å²) in [5.74, 6) is 1.53. The molecule has 0 aliphatic carbocycles. The van der Waals surface area contributed by atoms with Crippen LogP contribution in [-0.2, 0) is 0 Å². The first kappa shape index (κ1) is 17.2. The van der Waals surface area contributed by atoms with Crippen molar-refractivity contribution in [1.82, 2.24) is 9.97 Å². The highest BCUT2D eigenvalue weighted by molar-refractivity contribution is 6.04. The van der Waals surface area contributed by atoms with Crippen LogP contribution in [0.1, 0.15) is 10.4 Å². The van der Waals surface area contributed by atoms with Crippen LogP contribution in [0.4, 0.5) is 17.3 Å². The van der Waals surface area contributed by atoms with Crippen molar-refractivity contribution in [3.8, 4) is 11.5 Å². The van der Waals surface area contributed by atoms with Gasteiger partial charge in [0.1, 0.15) is 11.5 Å². The van der Waals surface area contributed by atoms with E-state index in [4.69, 9.17) is 9.47 Å². The Bertz CT molecular complexity index is 880. The summed E-state index contributed by atoms with van der Waals surface area (Å²) in [6.07, 6.45) is 2.93. The van der Waals surface area contributed by atoms with Gasteiger partial charge in [-0.25, -0.2) is 9.97 Å².